The summed E-state index contributed by atoms with van der Waals surface area (Å²) in [5.74, 6) is 0.166. The smallest absolute Gasteiger partial charge is 0.159 e. The maximum atomic E-state index is 11.3. The van der Waals surface area contributed by atoms with E-state index in [1.165, 1.54) is 5.57 Å². The average Bonchev–Trinajstić information content (AvgIpc) is 2.14. The molecule has 0 aliphatic heterocycles. The molecule has 0 rings (SSSR count). The third-order valence-corrected chi connectivity index (χ3v) is 2.01. The van der Waals surface area contributed by atoms with Gasteiger partial charge in [-0.15, -0.1) is 0 Å². The van der Waals surface area contributed by atoms with E-state index >= 15 is 0 Å². The highest BCUT2D eigenvalue weighted by Gasteiger charge is 1.99. The molecule has 0 bridgehead atoms. The third kappa shape index (κ3) is 9.20. The van der Waals surface area contributed by atoms with Gasteiger partial charge in [0.25, 0.3) is 0 Å². The molecule has 0 saturated carbocycles. The zero-order valence-electron chi connectivity index (χ0n) is 10.2. The molecule has 0 heterocycles. The Balaban J connectivity index is 3.79. The maximum Gasteiger partial charge on any atom is 0.159 e. The van der Waals surface area contributed by atoms with Gasteiger partial charge in [-0.2, -0.15) is 0 Å². The highest BCUT2D eigenvalue weighted by Crippen LogP contribution is 2.10. The fourth-order valence-corrected chi connectivity index (χ4v) is 1.21. The number of carbonyl (C=O) groups is 1. The first-order valence-corrected chi connectivity index (χ1v) is 5.55. The molecule has 0 aliphatic carbocycles. The van der Waals surface area contributed by atoms with Crippen molar-refractivity contribution in [1.82, 2.24) is 0 Å². The predicted octanol–water partition coefficient (Wildman–Crippen LogP) is 4.21. The van der Waals surface area contributed by atoms with E-state index in [2.05, 4.69) is 26.5 Å². The minimum Gasteiger partial charge on any atom is -0.295 e. The van der Waals surface area contributed by atoms with Crippen LogP contribution in [0.1, 0.15) is 46.5 Å². The number of hydrogen-bond donors (Lipinski definition) is 0. The summed E-state index contributed by atoms with van der Waals surface area (Å²) in [6, 6.07) is 0. The minimum absolute atomic E-state index is 0.166. The molecule has 0 spiro atoms. The van der Waals surface area contributed by atoms with Crippen molar-refractivity contribution in [3.05, 3.63) is 36.0 Å². The van der Waals surface area contributed by atoms with Gasteiger partial charge in [-0.25, -0.2) is 0 Å². The van der Waals surface area contributed by atoms with Crippen molar-refractivity contribution in [2.45, 2.75) is 46.5 Å². The second kappa shape index (κ2) is 8.22. The van der Waals surface area contributed by atoms with Gasteiger partial charge in [-0.3, -0.25) is 4.79 Å². The second-order valence-electron chi connectivity index (χ2n) is 4.02. The van der Waals surface area contributed by atoms with Crippen LogP contribution in [-0.2, 0) is 4.79 Å². The van der Waals surface area contributed by atoms with Crippen molar-refractivity contribution >= 4 is 5.78 Å². The van der Waals surface area contributed by atoms with Gasteiger partial charge in [0.15, 0.2) is 5.78 Å². The number of rotatable bonds is 7. The lowest BCUT2D eigenvalue weighted by molar-refractivity contribution is -0.114. The standard InChI is InChI=1S/C14H22O/c1-5-6-10-14(15)11-13(4)9-7-8-12(2)3/h6,8,10H,4-5,7,9,11H2,1-3H3. The first kappa shape index (κ1) is 13.9. The summed E-state index contributed by atoms with van der Waals surface area (Å²) in [5, 5.41) is 0. The highest BCUT2D eigenvalue weighted by molar-refractivity contribution is 5.91. The van der Waals surface area contributed by atoms with Crippen LogP contribution >= 0.6 is 0 Å². The van der Waals surface area contributed by atoms with Gasteiger partial charge >= 0.3 is 0 Å². The van der Waals surface area contributed by atoms with Crippen molar-refractivity contribution in [2.75, 3.05) is 0 Å². The van der Waals surface area contributed by atoms with E-state index < -0.39 is 0 Å². The predicted molar refractivity (Wildman–Crippen MR) is 66.9 cm³/mol. The van der Waals surface area contributed by atoms with Crippen LogP contribution in [0.15, 0.2) is 36.0 Å². The van der Waals surface area contributed by atoms with Gasteiger partial charge in [0, 0.05) is 6.42 Å². The van der Waals surface area contributed by atoms with E-state index in [9.17, 15) is 4.79 Å². The molecule has 0 radical (unpaired) electrons. The molecular formula is C14H22O. The lowest BCUT2D eigenvalue weighted by Gasteiger charge is -2.00. The summed E-state index contributed by atoms with van der Waals surface area (Å²) in [4.78, 5) is 11.3. The quantitative estimate of drug-likeness (QED) is 0.450. The molecule has 1 heteroatoms. The lowest BCUT2D eigenvalue weighted by atomic mass is 10.0. The van der Waals surface area contributed by atoms with Crippen LogP contribution < -0.4 is 0 Å². The maximum absolute atomic E-state index is 11.3. The molecule has 84 valence electrons. The lowest BCUT2D eigenvalue weighted by Crippen LogP contribution is -1.94. The Bertz CT molecular complexity index is 265. The molecule has 0 aromatic rings. The average molecular weight is 206 g/mol. The van der Waals surface area contributed by atoms with Crippen LogP contribution in [0.2, 0.25) is 0 Å². The summed E-state index contributed by atoms with van der Waals surface area (Å²) in [5.41, 5.74) is 2.35. The molecule has 15 heavy (non-hydrogen) atoms. The van der Waals surface area contributed by atoms with E-state index in [1.807, 2.05) is 13.0 Å². The zero-order chi connectivity index (χ0) is 11.7. The van der Waals surface area contributed by atoms with Gasteiger partial charge in [-0.1, -0.05) is 36.8 Å². The topological polar surface area (TPSA) is 17.1 Å². The summed E-state index contributed by atoms with van der Waals surface area (Å²) >= 11 is 0. The first-order valence-electron chi connectivity index (χ1n) is 5.55. The molecule has 0 atom stereocenters. The van der Waals surface area contributed by atoms with Crippen molar-refractivity contribution in [3.8, 4) is 0 Å². The van der Waals surface area contributed by atoms with Gasteiger partial charge in [0.05, 0.1) is 0 Å². The fraction of sp³-hybridized carbons (Fsp3) is 0.500. The summed E-state index contributed by atoms with van der Waals surface area (Å²) < 4.78 is 0. The molecule has 0 aromatic heterocycles. The molecule has 1 nitrogen and oxygen atoms in total. The number of ketones is 1. The fourth-order valence-electron chi connectivity index (χ4n) is 1.21. The van der Waals surface area contributed by atoms with E-state index in [1.54, 1.807) is 6.08 Å². The van der Waals surface area contributed by atoms with Crippen LogP contribution in [0.4, 0.5) is 0 Å². The van der Waals surface area contributed by atoms with Crippen LogP contribution in [0.25, 0.3) is 0 Å². The molecule has 0 aromatic carbocycles. The Kier molecular flexibility index (Phi) is 7.61. The van der Waals surface area contributed by atoms with Crippen molar-refractivity contribution in [3.63, 3.8) is 0 Å². The molecule has 0 saturated heterocycles. The highest BCUT2D eigenvalue weighted by atomic mass is 16.1. The third-order valence-electron chi connectivity index (χ3n) is 2.01. The second-order valence-corrected chi connectivity index (χ2v) is 4.02. The Morgan fingerprint density at radius 3 is 2.53 bits per heavy atom. The minimum atomic E-state index is 0.166. The van der Waals surface area contributed by atoms with Crippen LogP contribution in [-0.4, -0.2) is 5.78 Å². The van der Waals surface area contributed by atoms with Crippen LogP contribution in [0.5, 0.6) is 0 Å². The van der Waals surface area contributed by atoms with Gasteiger partial charge in [0.1, 0.15) is 0 Å². The number of allylic oxidation sites excluding steroid dienone is 5. The van der Waals surface area contributed by atoms with Gasteiger partial charge in [0.2, 0.25) is 0 Å². The first-order chi connectivity index (χ1) is 7.06. The Morgan fingerprint density at radius 1 is 1.33 bits per heavy atom. The molecule has 0 aliphatic rings. The zero-order valence-corrected chi connectivity index (χ0v) is 10.2. The normalized spacial score (nSPS) is 10.3. The van der Waals surface area contributed by atoms with Crippen LogP contribution in [0, 0.1) is 0 Å². The van der Waals surface area contributed by atoms with Crippen molar-refractivity contribution < 1.29 is 4.79 Å². The summed E-state index contributed by atoms with van der Waals surface area (Å²) in [6.07, 6.45) is 9.04. The Morgan fingerprint density at radius 2 is 2.00 bits per heavy atom. The van der Waals surface area contributed by atoms with Crippen molar-refractivity contribution in [2.24, 2.45) is 0 Å². The monoisotopic (exact) mass is 206 g/mol. The van der Waals surface area contributed by atoms with Gasteiger partial charge in [-0.05, 0) is 39.2 Å². The largest absolute Gasteiger partial charge is 0.295 e. The Hall–Kier alpha value is -1.11. The summed E-state index contributed by atoms with van der Waals surface area (Å²) in [6.45, 7) is 10.1. The van der Waals surface area contributed by atoms with Crippen LogP contribution in [0.3, 0.4) is 0 Å². The molecule has 0 fully saturated rings. The Labute approximate surface area is 93.6 Å². The summed E-state index contributed by atoms with van der Waals surface area (Å²) in [7, 11) is 0. The van der Waals surface area contributed by atoms with Crippen molar-refractivity contribution in [1.29, 1.82) is 0 Å². The van der Waals surface area contributed by atoms with E-state index in [4.69, 9.17) is 0 Å². The molecule has 0 N–H and O–H groups in total. The molecule has 0 unspecified atom stereocenters. The number of hydrogen-bond acceptors (Lipinski definition) is 1. The number of carbonyl (C=O) groups excluding carboxylic acids is 1. The van der Waals surface area contributed by atoms with E-state index in [-0.39, 0.29) is 5.78 Å². The van der Waals surface area contributed by atoms with E-state index in [0.29, 0.717) is 6.42 Å². The molecular weight excluding hydrogens is 184 g/mol. The van der Waals surface area contributed by atoms with Gasteiger partial charge < -0.3 is 0 Å². The molecule has 0 amide bonds. The SMILES string of the molecule is C=C(CCC=C(C)C)CC(=O)C=CCC. The van der Waals surface area contributed by atoms with E-state index in [0.717, 1.165) is 24.8 Å².